The van der Waals surface area contributed by atoms with E-state index in [2.05, 4.69) is 5.32 Å². The Balaban J connectivity index is 2.03. The average molecular weight is 324 g/mol. The van der Waals surface area contributed by atoms with Crippen LogP contribution in [0.2, 0.25) is 0 Å². The van der Waals surface area contributed by atoms with E-state index < -0.39 is 0 Å². The van der Waals surface area contributed by atoms with E-state index in [9.17, 15) is 9.59 Å². The van der Waals surface area contributed by atoms with Gasteiger partial charge in [-0.05, 0) is 25.1 Å². The predicted octanol–water partition coefficient (Wildman–Crippen LogP) is 2.05. The van der Waals surface area contributed by atoms with Gasteiger partial charge in [0.25, 0.3) is 5.24 Å². The average Bonchev–Trinajstić information content (AvgIpc) is 2.91. The van der Waals surface area contributed by atoms with Crippen molar-refractivity contribution in [3.8, 4) is 11.5 Å². The minimum atomic E-state index is -0.247. The van der Waals surface area contributed by atoms with Gasteiger partial charge in [0, 0.05) is 17.9 Å². The lowest BCUT2D eigenvalue weighted by Gasteiger charge is -2.20. The number of carbonyl (C=O) groups is 2. The summed E-state index contributed by atoms with van der Waals surface area (Å²) in [5.74, 6) is 1.93. The monoisotopic (exact) mass is 324 g/mol. The topological polar surface area (TPSA) is 67.9 Å². The first-order valence-electron chi connectivity index (χ1n) is 6.98. The highest BCUT2D eigenvalue weighted by Crippen LogP contribution is 2.29. The van der Waals surface area contributed by atoms with Gasteiger partial charge in [-0.2, -0.15) is 0 Å². The summed E-state index contributed by atoms with van der Waals surface area (Å²) in [5, 5.41) is 2.85. The Hall–Kier alpha value is -1.89. The molecule has 0 spiro atoms. The molecule has 6 nitrogen and oxygen atoms in total. The van der Waals surface area contributed by atoms with Crippen molar-refractivity contribution in [3.05, 3.63) is 23.8 Å². The number of benzene rings is 1. The van der Waals surface area contributed by atoms with Crippen LogP contribution < -0.4 is 14.8 Å². The maximum atomic E-state index is 12.1. The van der Waals surface area contributed by atoms with Crippen LogP contribution in [0.3, 0.4) is 0 Å². The van der Waals surface area contributed by atoms with Gasteiger partial charge in [-0.1, -0.05) is 11.8 Å². The van der Waals surface area contributed by atoms with E-state index in [0.717, 1.165) is 11.3 Å². The lowest BCUT2D eigenvalue weighted by molar-refractivity contribution is -0.122. The lowest BCUT2D eigenvalue weighted by Crippen LogP contribution is -2.38. The molecule has 1 atom stereocenters. The lowest BCUT2D eigenvalue weighted by atomic mass is 10.1. The first kappa shape index (κ1) is 16.5. The Kier molecular flexibility index (Phi) is 5.54. The van der Waals surface area contributed by atoms with E-state index in [-0.39, 0.29) is 23.7 Å². The largest absolute Gasteiger partial charge is 0.497 e. The molecule has 1 saturated heterocycles. The van der Waals surface area contributed by atoms with Crippen molar-refractivity contribution >= 4 is 22.9 Å². The molecule has 0 bridgehead atoms. The number of nitrogens with one attached hydrogen (secondary N) is 1. The second-order valence-electron chi connectivity index (χ2n) is 4.93. The van der Waals surface area contributed by atoms with Gasteiger partial charge in [-0.15, -0.1) is 0 Å². The molecule has 7 heteroatoms. The molecule has 1 aromatic carbocycles. The molecule has 0 aromatic heterocycles. The molecule has 2 rings (SSSR count). The van der Waals surface area contributed by atoms with Crippen molar-refractivity contribution in [2.45, 2.75) is 13.0 Å². The second kappa shape index (κ2) is 7.40. The predicted molar refractivity (Wildman–Crippen MR) is 85.5 cm³/mol. The molecule has 0 saturated carbocycles. The summed E-state index contributed by atoms with van der Waals surface area (Å²) < 4.78 is 10.5. The second-order valence-corrected chi connectivity index (χ2v) is 5.98. The van der Waals surface area contributed by atoms with E-state index in [1.807, 2.05) is 13.0 Å². The summed E-state index contributed by atoms with van der Waals surface area (Å²) in [7, 11) is 3.17. The first-order valence-corrected chi connectivity index (χ1v) is 7.96. The van der Waals surface area contributed by atoms with Crippen LogP contribution in [0.25, 0.3) is 0 Å². The molecular weight excluding hydrogens is 304 g/mol. The molecule has 1 unspecified atom stereocenters. The molecule has 1 heterocycles. The third kappa shape index (κ3) is 3.85. The maximum absolute atomic E-state index is 12.1. The van der Waals surface area contributed by atoms with Crippen molar-refractivity contribution in [3.63, 3.8) is 0 Å². The summed E-state index contributed by atoms with van der Waals surface area (Å²) in [5.41, 5.74) is 0.831. The molecule has 1 aromatic rings. The zero-order valence-electron chi connectivity index (χ0n) is 12.9. The zero-order chi connectivity index (χ0) is 16.1. The molecule has 1 fully saturated rings. The molecule has 120 valence electrons. The highest BCUT2D eigenvalue weighted by atomic mass is 32.2. The van der Waals surface area contributed by atoms with Crippen LogP contribution in [0.4, 0.5) is 4.79 Å². The molecule has 1 aliphatic heterocycles. The van der Waals surface area contributed by atoms with E-state index in [4.69, 9.17) is 9.47 Å². The Morgan fingerprint density at radius 3 is 2.77 bits per heavy atom. The minimum Gasteiger partial charge on any atom is -0.497 e. The molecule has 0 radical (unpaired) electrons. The van der Waals surface area contributed by atoms with Gasteiger partial charge < -0.3 is 19.7 Å². The number of hydrogen-bond donors (Lipinski definition) is 1. The normalized spacial score (nSPS) is 15.6. The van der Waals surface area contributed by atoms with Gasteiger partial charge >= 0.3 is 0 Å². The van der Waals surface area contributed by atoms with Crippen LogP contribution in [0.15, 0.2) is 18.2 Å². The van der Waals surface area contributed by atoms with Gasteiger partial charge in [-0.3, -0.25) is 9.59 Å². The SMILES string of the molecule is COc1ccc(OC)c(C(C)NC(=O)CN2CCSC2=O)c1. The number of nitrogens with zero attached hydrogens (tertiary/aromatic N) is 1. The van der Waals surface area contributed by atoms with Gasteiger partial charge in [0.15, 0.2) is 0 Å². The summed E-state index contributed by atoms with van der Waals surface area (Å²) in [6.07, 6.45) is 0. The van der Waals surface area contributed by atoms with E-state index >= 15 is 0 Å². The van der Waals surface area contributed by atoms with E-state index in [1.54, 1.807) is 31.3 Å². The van der Waals surface area contributed by atoms with Gasteiger partial charge in [0.1, 0.15) is 18.0 Å². The van der Waals surface area contributed by atoms with Crippen LogP contribution in [-0.2, 0) is 4.79 Å². The van der Waals surface area contributed by atoms with Crippen molar-refractivity contribution in [2.24, 2.45) is 0 Å². The number of hydrogen-bond acceptors (Lipinski definition) is 5. The standard InChI is InChI=1S/C15H20N2O4S/c1-10(12-8-11(20-2)4-5-13(12)21-3)16-14(18)9-17-6-7-22-15(17)19/h4-5,8,10H,6-7,9H2,1-3H3,(H,16,18). The highest BCUT2D eigenvalue weighted by molar-refractivity contribution is 8.13. The fourth-order valence-electron chi connectivity index (χ4n) is 2.29. The number of methoxy groups -OCH3 is 2. The maximum Gasteiger partial charge on any atom is 0.282 e. The van der Waals surface area contributed by atoms with Crippen molar-refractivity contribution in [2.75, 3.05) is 33.1 Å². The Bertz CT molecular complexity index is 564. The van der Waals surface area contributed by atoms with Crippen molar-refractivity contribution in [1.82, 2.24) is 10.2 Å². The first-order chi connectivity index (χ1) is 10.5. The summed E-state index contributed by atoms with van der Waals surface area (Å²) in [6.45, 7) is 2.58. The molecule has 2 amide bonds. The van der Waals surface area contributed by atoms with Crippen LogP contribution in [-0.4, -0.2) is 49.1 Å². The molecular formula is C15H20N2O4S. The van der Waals surface area contributed by atoms with Crippen LogP contribution >= 0.6 is 11.8 Å². The number of ether oxygens (including phenoxy) is 2. The smallest absolute Gasteiger partial charge is 0.282 e. The third-order valence-electron chi connectivity index (χ3n) is 3.46. The number of amides is 2. The van der Waals surface area contributed by atoms with Gasteiger partial charge in [-0.25, -0.2) is 0 Å². The van der Waals surface area contributed by atoms with Crippen molar-refractivity contribution < 1.29 is 19.1 Å². The number of rotatable bonds is 6. The minimum absolute atomic E-state index is 0.0400. The Labute approximate surface area is 134 Å². The van der Waals surface area contributed by atoms with Crippen molar-refractivity contribution in [1.29, 1.82) is 0 Å². The molecule has 0 aliphatic carbocycles. The summed E-state index contributed by atoms with van der Waals surface area (Å²) in [6, 6.07) is 5.19. The van der Waals surface area contributed by atoms with Crippen LogP contribution in [0.5, 0.6) is 11.5 Å². The third-order valence-corrected chi connectivity index (χ3v) is 4.35. The fourth-order valence-corrected chi connectivity index (χ4v) is 3.11. The molecule has 1 N–H and O–H groups in total. The van der Waals surface area contributed by atoms with E-state index in [1.165, 1.54) is 11.8 Å². The summed E-state index contributed by atoms with van der Waals surface area (Å²) in [4.78, 5) is 25.2. The Morgan fingerprint density at radius 1 is 1.41 bits per heavy atom. The Morgan fingerprint density at radius 2 is 2.18 bits per heavy atom. The fraction of sp³-hybridized carbons (Fsp3) is 0.467. The number of thioether (sulfide) groups is 1. The van der Waals surface area contributed by atoms with E-state index in [0.29, 0.717) is 18.0 Å². The molecule has 1 aliphatic rings. The number of carbonyl (C=O) groups excluding carboxylic acids is 2. The van der Waals surface area contributed by atoms with Crippen LogP contribution in [0.1, 0.15) is 18.5 Å². The highest BCUT2D eigenvalue weighted by Gasteiger charge is 2.24. The summed E-state index contributed by atoms with van der Waals surface area (Å²) >= 11 is 1.24. The zero-order valence-corrected chi connectivity index (χ0v) is 13.7. The molecule has 22 heavy (non-hydrogen) atoms. The quantitative estimate of drug-likeness (QED) is 0.867. The van der Waals surface area contributed by atoms with Crippen LogP contribution in [0, 0.1) is 0 Å². The van der Waals surface area contributed by atoms with Gasteiger partial charge in [0.05, 0.1) is 20.3 Å². The van der Waals surface area contributed by atoms with Gasteiger partial charge in [0.2, 0.25) is 5.91 Å².